The van der Waals surface area contributed by atoms with Crippen molar-refractivity contribution < 1.29 is 9.32 Å². The number of nitrogens with one attached hydrogen (secondary N) is 1. The Hall–Kier alpha value is -2.55. The summed E-state index contributed by atoms with van der Waals surface area (Å²) in [5.41, 5.74) is -0.123. The molecule has 1 N–H and O–H groups in total. The fourth-order valence-corrected chi connectivity index (χ4v) is 4.26. The number of nitrogens with zero attached hydrogens (tertiary/aromatic N) is 4. The highest BCUT2D eigenvalue weighted by molar-refractivity contribution is 9.10. The molecule has 0 spiro atoms. The Morgan fingerprint density at radius 2 is 2.10 bits per heavy atom. The molecule has 2 heterocycles. The lowest BCUT2D eigenvalue weighted by Gasteiger charge is -2.35. The van der Waals surface area contributed by atoms with Crippen LogP contribution in [-0.4, -0.2) is 25.6 Å². The highest BCUT2D eigenvalue weighted by Gasteiger charge is 2.39. The molecular weight excluding hydrogens is 438 g/mol. The zero-order valence-electron chi connectivity index (χ0n) is 16.2. The number of rotatable bonds is 5. The van der Waals surface area contributed by atoms with Crippen molar-refractivity contribution in [1.29, 1.82) is 0 Å². The Labute approximate surface area is 175 Å². The van der Waals surface area contributed by atoms with Crippen molar-refractivity contribution in [3.05, 3.63) is 51.1 Å². The summed E-state index contributed by atoms with van der Waals surface area (Å²) >= 11 is 3.38. The average molecular weight is 460 g/mol. The van der Waals surface area contributed by atoms with E-state index in [0.717, 1.165) is 36.6 Å². The third-order valence-electron chi connectivity index (χ3n) is 5.41. The summed E-state index contributed by atoms with van der Waals surface area (Å²) in [6, 6.07) is 5.38. The predicted octanol–water partition coefficient (Wildman–Crippen LogP) is 3.22. The summed E-state index contributed by atoms with van der Waals surface area (Å²) in [6.07, 6.45) is 6.34. The van der Waals surface area contributed by atoms with Crippen LogP contribution in [0.5, 0.6) is 0 Å². The van der Waals surface area contributed by atoms with Gasteiger partial charge in [-0.2, -0.15) is 4.98 Å². The number of amides is 1. The van der Waals surface area contributed by atoms with Crippen LogP contribution >= 0.6 is 15.9 Å². The van der Waals surface area contributed by atoms with Gasteiger partial charge in [0.25, 0.3) is 5.56 Å². The summed E-state index contributed by atoms with van der Waals surface area (Å²) in [7, 11) is 0. The highest BCUT2D eigenvalue weighted by atomic mass is 79.9. The second-order valence-electron chi connectivity index (χ2n) is 7.48. The van der Waals surface area contributed by atoms with E-state index in [1.807, 2.05) is 6.07 Å². The van der Waals surface area contributed by atoms with E-state index < -0.39 is 5.54 Å². The second kappa shape index (κ2) is 8.06. The zero-order valence-corrected chi connectivity index (χ0v) is 17.7. The highest BCUT2D eigenvalue weighted by Crippen LogP contribution is 2.35. The summed E-state index contributed by atoms with van der Waals surface area (Å²) in [5.74, 6) is 0.882. The maximum atomic E-state index is 12.8. The van der Waals surface area contributed by atoms with Crippen LogP contribution in [0.3, 0.4) is 0 Å². The van der Waals surface area contributed by atoms with Crippen molar-refractivity contribution >= 4 is 32.7 Å². The molecule has 152 valence electrons. The number of fused-ring (bicyclic) bond motifs is 1. The van der Waals surface area contributed by atoms with E-state index in [0.29, 0.717) is 22.6 Å². The van der Waals surface area contributed by atoms with Crippen LogP contribution in [0.25, 0.3) is 10.9 Å². The largest absolute Gasteiger partial charge is 0.343 e. The van der Waals surface area contributed by atoms with E-state index in [-0.39, 0.29) is 24.4 Å². The number of benzene rings is 1. The van der Waals surface area contributed by atoms with Crippen LogP contribution < -0.4 is 10.9 Å². The van der Waals surface area contributed by atoms with Gasteiger partial charge in [-0.05, 0) is 31.0 Å². The number of halogens is 1. The molecular formula is C20H22BrN5O3. The molecule has 2 aromatic heterocycles. The molecule has 8 nitrogen and oxygen atoms in total. The first-order chi connectivity index (χ1) is 14.0. The van der Waals surface area contributed by atoms with Gasteiger partial charge in [-0.3, -0.25) is 14.2 Å². The van der Waals surface area contributed by atoms with Gasteiger partial charge in [0, 0.05) is 24.4 Å². The summed E-state index contributed by atoms with van der Waals surface area (Å²) in [6.45, 7) is 1.99. The first-order valence-electron chi connectivity index (χ1n) is 9.73. The molecule has 1 fully saturated rings. The smallest absolute Gasteiger partial charge is 0.261 e. The lowest BCUT2D eigenvalue weighted by Crippen LogP contribution is -2.48. The van der Waals surface area contributed by atoms with Gasteiger partial charge in [0.1, 0.15) is 5.54 Å². The maximum absolute atomic E-state index is 12.8. The molecule has 1 saturated carbocycles. The third-order valence-corrected chi connectivity index (χ3v) is 5.90. The predicted molar refractivity (Wildman–Crippen MR) is 110 cm³/mol. The van der Waals surface area contributed by atoms with Crippen molar-refractivity contribution in [1.82, 2.24) is 25.0 Å². The summed E-state index contributed by atoms with van der Waals surface area (Å²) in [5, 5.41) is 7.72. The van der Waals surface area contributed by atoms with Gasteiger partial charge in [0.15, 0.2) is 5.82 Å². The van der Waals surface area contributed by atoms with Crippen LogP contribution in [0.4, 0.5) is 0 Å². The molecule has 0 aliphatic heterocycles. The SMILES string of the molecule is Cc1nc(C2(NC(=O)CCn3cnc4ccc(Br)cc4c3=O)CCCCC2)no1. The molecule has 29 heavy (non-hydrogen) atoms. The van der Waals surface area contributed by atoms with Crippen LogP contribution in [0.15, 0.2) is 38.3 Å². The van der Waals surface area contributed by atoms with Gasteiger partial charge in [-0.1, -0.05) is 40.3 Å². The molecule has 1 aromatic carbocycles. The number of hydrogen-bond acceptors (Lipinski definition) is 6. The number of aryl methyl sites for hydroxylation is 2. The van der Waals surface area contributed by atoms with E-state index in [1.165, 1.54) is 10.9 Å². The quantitative estimate of drug-likeness (QED) is 0.627. The Morgan fingerprint density at radius 3 is 2.83 bits per heavy atom. The molecule has 3 aromatic rings. The molecule has 1 aliphatic rings. The molecule has 9 heteroatoms. The molecule has 1 aliphatic carbocycles. The lowest BCUT2D eigenvalue weighted by molar-refractivity contribution is -0.124. The van der Waals surface area contributed by atoms with Crippen molar-refractivity contribution in [2.24, 2.45) is 0 Å². The molecule has 1 amide bonds. The standard InChI is InChI=1S/C20H22BrN5O3/c1-13-23-19(25-29-13)20(8-3-2-4-9-20)24-17(27)7-10-26-12-22-16-6-5-14(21)11-15(16)18(26)28/h5-6,11-12H,2-4,7-10H2,1H3,(H,24,27). The monoisotopic (exact) mass is 459 g/mol. The first kappa shape index (κ1) is 19.8. The Morgan fingerprint density at radius 1 is 1.31 bits per heavy atom. The van der Waals surface area contributed by atoms with Crippen LogP contribution in [0.2, 0.25) is 0 Å². The van der Waals surface area contributed by atoms with Gasteiger partial charge >= 0.3 is 0 Å². The first-order valence-corrected chi connectivity index (χ1v) is 10.5. The lowest BCUT2D eigenvalue weighted by atomic mass is 9.81. The minimum Gasteiger partial charge on any atom is -0.343 e. The van der Waals surface area contributed by atoms with Gasteiger partial charge in [0.05, 0.1) is 17.2 Å². The normalized spacial score (nSPS) is 16.1. The van der Waals surface area contributed by atoms with Crippen molar-refractivity contribution in [3.63, 3.8) is 0 Å². The molecule has 0 radical (unpaired) electrons. The number of carbonyl (C=O) groups is 1. The number of hydrogen-bond donors (Lipinski definition) is 1. The zero-order chi connectivity index (χ0) is 20.4. The third kappa shape index (κ3) is 4.10. The summed E-state index contributed by atoms with van der Waals surface area (Å²) in [4.78, 5) is 34.2. The van der Waals surface area contributed by atoms with Gasteiger partial charge in [-0.15, -0.1) is 0 Å². The number of carbonyl (C=O) groups excluding carboxylic acids is 1. The van der Waals surface area contributed by atoms with E-state index in [1.54, 1.807) is 19.1 Å². The molecule has 4 rings (SSSR count). The van der Waals surface area contributed by atoms with Crippen LogP contribution in [0.1, 0.15) is 50.2 Å². The van der Waals surface area contributed by atoms with E-state index in [4.69, 9.17) is 4.52 Å². The fourth-order valence-electron chi connectivity index (χ4n) is 3.90. The second-order valence-corrected chi connectivity index (χ2v) is 8.40. The Bertz CT molecular complexity index is 1100. The molecule has 0 atom stereocenters. The van der Waals surface area contributed by atoms with E-state index >= 15 is 0 Å². The van der Waals surface area contributed by atoms with E-state index in [9.17, 15) is 9.59 Å². The fraction of sp³-hybridized carbons (Fsp3) is 0.450. The summed E-state index contributed by atoms with van der Waals surface area (Å²) < 4.78 is 7.44. The van der Waals surface area contributed by atoms with Crippen molar-refractivity contribution in [3.8, 4) is 0 Å². The van der Waals surface area contributed by atoms with E-state index in [2.05, 4.69) is 36.4 Å². The van der Waals surface area contributed by atoms with Gasteiger partial charge in [0.2, 0.25) is 11.8 Å². The topological polar surface area (TPSA) is 103 Å². The van der Waals surface area contributed by atoms with Gasteiger partial charge < -0.3 is 9.84 Å². The molecule has 0 unspecified atom stereocenters. The van der Waals surface area contributed by atoms with Crippen molar-refractivity contribution in [2.75, 3.05) is 0 Å². The van der Waals surface area contributed by atoms with Gasteiger partial charge in [-0.25, -0.2) is 4.98 Å². The maximum Gasteiger partial charge on any atom is 0.261 e. The minimum absolute atomic E-state index is 0.143. The van der Waals surface area contributed by atoms with Crippen LogP contribution in [0, 0.1) is 6.92 Å². The molecule has 0 saturated heterocycles. The Balaban J connectivity index is 1.50. The minimum atomic E-state index is -0.593. The molecule has 0 bridgehead atoms. The van der Waals surface area contributed by atoms with Crippen LogP contribution in [-0.2, 0) is 16.9 Å². The average Bonchev–Trinajstić information content (AvgIpc) is 3.16. The van der Waals surface area contributed by atoms with Crippen molar-refractivity contribution in [2.45, 2.75) is 57.5 Å². The Kier molecular flexibility index (Phi) is 5.49. The number of aromatic nitrogens is 4.